The first-order chi connectivity index (χ1) is 10.1. The molecule has 0 amide bonds. The molecular formula is C14H15N3O3S. The SMILES string of the molecule is O=S(=O)(NCc1ncc[nH]1)c1ccc(C#CCCO)cc1. The zero-order chi connectivity index (χ0) is 15.1. The molecule has 6 nitrogen and oxygen atoms in total. The van der Waals surface area contributed by atoms with Gasteiger partial charge >= 0.3 is 0 Å². The minimum Gasteiger partial charge on any atom is -0.395 e. The molecule has 110 valence electrons. The van der Waals surface area contributed by atoms with E-state index >= 15 is 0 Å². The standard InChI is InChI=1S/C14H15N3O3S/c18-10-2-1-3-12-4-6-13(7-5-12)21(19,20)17-11-14-15-8-9-16-14/h4-9,17-18H,2,10-11H2,(H,15,16). The maximum atomic E-state index is 12.1. The second-order valence-corrected chi connectivity index (χ2v) is 5.93. The van der Waals surface area contributed by atoms with E-state index in [-0.39, 0.29) is 18.0 Å². The number of hydrogen-bond acceptors (Lipinski definition) is 4. The summed E-state index contributed by atoms with van der Waals surface area (Å²) >= 11 is 0. The van der Waals surface area contributed by atoms with E-state index < -0.39 is 10.0 Å². The maximum Gasteiger partial charge on any atom is 0.240 e. The Hall–Kier alpha value is -2.14. The summed E-state index contributed by atoms with van der Waals surface area (Å²) in [5, 5.41) is 8.63. The first-order valence-corrected chi connectivity index (χ1v) is 7.78. The van der Waals surface area contributed by atoms with Gasteiger partial charge in [0, 0.05) is 24.4 Å². The van der Waals surface area contributed by atoms with Gasteiger partial charge in [0.1, 0.15) is 5.82 Å². The van der Waals surface area contributed by atoms with Gasteiger partial charge in [-0.1, -0.05) is 11.8 Å². The number of hydrogen-bond donors (Lipinski definition) is 3. The lowest BCUT2D eigenvalue weighted by Gasteiger charge is -2.05. The summed E-state index contributed by atoms with van der Waals surface area (Å²) in [6.45, 7) is 0.115. The van der Waals surface area contributed by atoms with Crippen LogP contribution in [0.5, 0.6) is 0 Å². The van der Waals surface area contributed by atoms with Crippen LogP contribution >= 0.6 is 0 Å². The van der Waals surface area contributed by atoms with Crippen LogP contribution in [0.1, 0.15) is 17.8 Å². The summed E-state index contributed by atoms with van der Waals surface area (Å²) in [4.78, 5) is 6.94. The number of H-pyrrole nitrogens is 1. The van der Waals surface area contributed by atoms with Gasteiger partial charge in [0.05, 0.1) is 18.0 Å². The van der Waals surface area contributed by atoms with Crippen LogP contribution in [0, 0.1) is 11.8 Å². The van der Waals surface area contributed by atoms with Crippen molar-refractivity contribution in [2.24, 2.45) is 0 Å². The molecule has 0 radical (unpaired) electrons. The first kappa shape index (κ1) is 15.3. The summed E-state index contributed by atoms with van der Waals surface area (Å²) < 4.78 is 26.6. The number of benzene rings is 1. The highest BCUT2D eigenvalue weighted by atomic mass is 32.2. The normalized spacial score (nSPS) is 10.9. The van der Waals surface area contributed by atoms with Crippen molar-refractivity contribution in [2.45, 2.75) is 17.9 Å². The Morgan fingerprint density at radius 3 is 2.67 bits per heavy atom. The summed E-state index contributed by atoms with van der Waals surface area (Å²) in [5.74, 6) is 6.16. The summed E-state index contributed by atoms with van der Waals surface area (Å²) in [5.41, 5.74) is 0.702. The Labute approximate surface area is 123 Å². The molecule has 0 fully saturated rings. The van der Waals surface area contributed by atoms with E-state index in [4.69, 9.17) is 5.11 Å². The van der Waals surface area contributed by atoms with Crippen LogP contribution in [0.3, 0.4) is 0 Å². The second kappa shape index (κ2) is 7.04. The molecule has 1 aromatic carbocycles. The van der Waals surface area contributed by atoms with Crippen LogP contribution in [-0.2, 0) is 16.6 Å². The fourth-order valence-electron chi connectivity index (χ4n) is 1.58. The summed E-state index contributed by atoms with van der Waals surface area (Å²) in [6, 6.07) is 6.25. The van der Waals surface area contributed by atoms with Crippen molar-refractivity contribution in [2.75, 3.05) is 6.61 Å². The van der Waals surface area contributed by atoms with E-state index in [1.807, 2.05) is 0 Å². The van der Waals surface area contributed by atoms with Crippen molar-refractivity contribution in [3.63, 3.8) is 0 Å². The Morgan fingerprint density at radius 2 is 2.05 bits per heavy atom. The van der Waals surface area contributed by atoms with E-state index in [0.29, 0.717) is 17.8 Å². The predicted molar refractivity (Wildman–Crippen MR) is 77.6 cm³/mol. The van der Waals surface area contributed by atoms with Gasteiger partial charge in [-0.3, -0.25) is 0 Å². The third-order valence-electron chi connectivity index (χ3n) is 2.62. The molecule has 2 aromatic rings. The van der Waals surface area contributed by atoms with Gasteiger partial charge in [0.15, 0.2) is 0 Å². The van der Waals surface area contributed by atoms with Gasteiger partial charge < -0.3 is 10.1 Å². The van der Waals surface area contributed by atoms with E-state index in [1.165, 1.54) is 12.1 Å². The van der Waals surface area contributed by atoms with Crippen LogP contribution < -0.4 is 4.72 Å². The molecule has 7 heteroatoms. The molecular weight excluding hydrogens is 290 g/mol. The number of aliphatic hydroxyl groups excluding tert-OH is 1. The minimum atomic E-state index is -3.58. The van der Waals surface area contributed by atoms with E-state index in [0.717, 1.165) is 0 Å². The number of sulfonamides is 1. The molecule has 1 aromatic heterocycles. The molecule has 0 saturated heterocycles. The fourth-order valence-corrected chi connectivity index (χ4v) is 2.57. The van der Waals surface area contributed by atoms with Crippen molar-refractivity contribution in [3.8, 4) is 11.8 Å². The lowest BCUT2D eigenvalue weighted by Crippen LogP contribution is -2.23. The Bertz CT molecular complexity index is 726. The average molecular weight is 305 g/mol. The minimum absolute atomic E-state index is 0.0101. The Morgan fingerprint density at radius 1 is 1.29 bits per heavy atom. The highest BCUT2D eigenvalue weighted by Gasteiger charge is 2.13. The molecule has 0 aliphatic rings. The second-order valence-electron chi connectivity index (χ2n) is 4.16. The van der Waals surface area contributed by atoms with Gasteiger partial charge in [-0.05, 0) is 24.3 Å². The number of aromatic amines is 1. The molecule has 0 unspecified atom stereocenters. The highest BCUT2D eigenvalue weighted by molar-refractivity contribution is 7.89. The van der Waals surface area contributed by atoms with E-state index in [9.17, 15) is 8.42 Å². The summed E-state index contributed by atoms with van der Waals surface area (Å²) in [7, 11) is -3.58. The number of nitrogens with zero attached hydrogens (tertiary/aromatic N) is 1. The smallest absolute Gasteiger partial charge is 0.240 e. The van der Waals surface area contributed by atoms with Gasteiger partial charge in [-0.2, -0.15) is 0 Å². The average Bonchev–Trinajstić information content (AvgIpc) is 3.00. The van der Waals surface area contributed by atoms with Gasteiger partial charge in [-0.15, -0.1) is 0 Å². The van der Waals surface area contributed by atoms with Crippen molar-refractivity contribution in [1.82, 2.24) is 14.7 Å². The fraction of sp³-hybridized carbons (Fsp3) is 0.214. The van der Waals surface area contributed by atoms with Gasteiger partial charge in [-0.25, -0.2) is 18.1 Å². The lowest BCUT2D eigenvalue weighted by molar-refractivity contribution is 0.305. The third kappa shape index (κ3) is 4.43. The van der Waals surface area contributed by atoms with E-state index in [2.05, 4.69) is 26.5 Å². The van der Waals surface area contributed by atoms with Crippen LogP contribution in [0.25, 0.3) is 0 Å². The number of imidazole rings is 1. The molecule has 0 bridgehead atoms. The van der Waals surface area contributed by atoms with Crippen LogP contribution in [0.2, 0.25) is 0 Å². The van der Waals surface area contributed by atoms with Crippen LogP contribution in [0.15, 0.2) is 41.6 Å². The molecule has 0 atom stereocenters. The van der Waals surface area contributed by atoms with E-state index in [1.54, 1.807) is 24.5 Å². The molecule has 3 N–H and O–H groups in total. The Kier molecular flexibility index (Phi) is 5.11. The van der Waals surface area contributed by atoms with Crippen LogP contribution in [-0.4, -0.2) is 30.1 Å². The predicted octanol–water partition coefficient (Wildman–Crippen LogP) is 0.622. The molecule has 0 aliphatic carbocycles. The van der Waals surface area contributed by atoms with Crippen LogP contribution in [0.4, 0.5) is 0 Å². The third-order valence-corrected chi connectivity index (χ3v) is 4.04. The van der Waals surface area contributed by atoms with Crippen molar-refractivity contribution < 1.29 is 13.5 Å². The molecule has 2 rings (SSSR count). The number of rotatable bonds is 5. The zero-order valence-corrected chi connectivity index (χ0v) is 12.0. The Balaban J connectivity index is 2.05. The topological polar surface area (TPSA) is 95.1 Å². The number of aromatic nitrogens is 2. The molecule has 0 saturated carbocycles. The maximum absolute atomic E-state index is 12.1. The molecule has 0 aliphatic heterocycles. The van der Waals surface area contributed by atoms with Crippen molar-refractivity contribution in [1.29, 1.82) is 0 Å². The van der Waals surface area contributed by atoms with Crippen molar-refractivity contribution in [3.05, 3.63) is 48.0 Å². The summed E-state index contributed by atoms with van der Waals surface area (Å²) in [6.07, 6.45) is 3.58. The number of nitrogens with one attached hydrogen (secondary N) is 2. The highest BCUT2D eigenvalue weighted by Crippen LogP contribution is 2.10. The van der Waals surface area contributed by atoms with Gasteiger partial charge in [0.2, 0.25) is 10.0 Å². The first-order valence-electron chi connectivity index (χ1n) is 6.29. The largest absolute Gasteiger partial charge is 0.395 e. The quantitative estimate of drug-likeness (QED) is 0.706. The van der Waals surface area contributed by atoms with Gasteiger partial charge in [0.25, 0.3) is 0 Å². The lowest BCUT2D eigenvalue weighted by atomic mass is 10.2. The molecule has 1 heterocycles. The monoisotopic (exact) mass is 305 g/mol. The molecule has 21 heavy (non-hydrogen) atoms. The zero-order valence-electron chi connectivity index (χ0n) is 11.2. The van der Waals surface area contributed by atoms with Crippen molar-refractivity contribution >= 4 is 10.0 Å². The number of aliphatic hydroxyl groups is 1. The molecule has 0 spiro atoms.